The molecule has 4 heteroatoms. The number of thiazole rings is 1. The zero-order chi connectivity index (χ0) is 13.1. The number of nitrogens with zero attached hydrogens (tertiary/aromatic N) is 1. The van der Waals surface area contributed by atoms with Gasteiger partial charge >= 0.3 is 0 Å². The molecule has 96 valence electrons. The second-order valence-electron chi connectivity index (χ2n) is 4.29. The summed E-state index contributed by atoms with van der Waals surface area (Å²) in [6.45, 7) is 6.79. The van der Waals surface area contributed by atoms with Gasteiger partial charge in [0.05, 0.1) is 5.69 Å². The van der Waals surface area contributed by atoms with Gasteiger partial charge in [0.2, 0.25) is 0 Å². The van der Waals surface area contributed by atoms with Crippen LogP contribution in [0.3, 0.4) is 0 Å². The van der Waals surface area contributed by atoms with Crippen molar-refractivity contribution >= 4 is 11.3 Å². The Bertz CT molecular complexity index is 536. The van der Waals surface area contributed by atoms with Gasteiger partial charge in [-0.15, -0.1) is 11.3 Å². The van der Waals surface area contributed by atoms with E-state index in [9.17, 15) is 4.39 Å². The fraction of sp³-hybridized carbons (Fsp3) is 0.357. The standard InChI is InChI=1S/C14H17FN2S/c1-4-16-10(3)12-8-18-14(17-12)11-7-5-6-9(2)13(11)15/h5-8,10,16H,4H2,1-3H3. The van der Waals surface area contributed by atoms with E-state index in [-0.39, 0.29) is 11.9 Å². The Morgan fingerprint density at radius 3 is 2.94 bits per heavy atom. The van der Waals surface area contributed by atoms with E-state index in [2.05, 4.69) is 24.1 Å². The molecule has 2 nitrogen and oxygen atoms in total. The Morgan fingerprint density at radius 1 is 1.44 bits per heavy atom. The SMILES string of the molecule is CCNC(C)c1csc(-c2cccc(C)c2F)n1. The molecule has 0 radical (unpaired) electrons. The second-order valence-corrected chi connectivity index (χ2v) is 5.15. The molecular formula is C14H17FN2S. The van der Waals surface area contributed by atoms with Crippen LogP contribution in [0.4, 0.5) is 4.39 Å². The highest BCUT2D eigenvalue weighted by Crippen LogP contribution is 2.29. The van der Waals surface area contributed by atoms with E-state index < -0.39 is 0 Å². The normalized spacial score (nSPS) is 12.7. The van der Waals surface area contributed by atoms with Crippen molar-refractivity contribution in [3.63, 3.8) is 0 Å². The van der Waals surface area contributed by atoms with Gasteiger partial charge in [-0.25, -0.2) is 9.37 Å². The van der Waals surface area contributed by atoms with Gasteiger partial charge in [-0.05, 0) is 32.0 Å². The summed E-state index contributed by atoms with van der Waals surface area (Å²) in [5, 5.41) is 6.04. The number of nitrogens with one attached hydrogen (secondary N) is 1. The lowest BCUT2D eigenvalue weighted by Crippen LogP contribution is -2.17. The molecule has 2 aromatic rings. The Balaban J connectivity index is 2.32. The fourth-order valence-corrected chi connectivity index (χ4v) is 2.76. The summed E-state index contributed by atoms with van der Waals surface area (Å²) in [7, 11) is 0. The fourth-order valence-electron chi connectivity index (χ4n) is 1.83. The molecule has 0 spiro atoms. The van der Waals surface area contributed by atoms with E-state index in [1.165, 1.54) is 11.3 Å². The number of rotatable bonds is 4. The van der Waals surface area contributed by atoms with Gasteiger partial charge in [-0.1, -0.05) is 19.1 Å². The maximum Gasteiger partial charge on any atom is 0.136 e. The summed E-state index contributed by atoms with van der Waals surface area (Å²) >= 11 is 1.49. The minimum Gasteiger partial charge on any atom is -0.309 e. The highest BCUT2D eigenvalue weighted by molar-refractivity contribution is 7.13. The average molecular weight is 264 g/mol. The molecule has 0 fully saturated rings. The number of aryl methyl sites for hydroxylation is 1. The molecule has 0 aliphatic rings. The molecule has 1 N–H and O–H groups in total. The maximum absolute atomic E-state index is 14.0. The summed E-state index contributed by atoms with van der Waals surface area (Å²) < 4.78 is 14.0. The van der Waals surface area contributed by atoms with Crippen molar-refractivity contribution < 1.29 is 4.39 Å². The van der Waals surface area contributed by atoms with Gasteiger partial charge in [-0.3, -0.25) is 0 Å². The van der Waals surface area contributed by atoms with Gasteiger partial charge in [0.25, 0.3) is 0 Å². The lowest BCUT2D eigenvalue weighted by molar-refractivity contribution is 0.586. The number of halogens is 1. The highest BCUT2D eigenvalue weighted by atomic mass is 32.1. The minimum atomic E-state index is -0.172. The van der Waals surface area contributed by atoms with Crippen LogP contribution in [0.15, 0.2) is 23.6 Å². The molecule has 0 aliphatic carbocycles. The first kappa shape index (κ1) is 13.2. The Morgan fingerprint density at radius 2 is 2.22 bits per heavy atom. The van der Waals surface area contributed by atoms with Crippen LogP contribution >= 0.6 is 11.3 Å². The lowest BCUT2D eigenvalue weighted by atomic mass is 10.1. The molecular weight excluding hydrogens is 247 g/mol. The molecule has 1 aromatic heterocycles. The topological polar surface area (TPSA) is 24.9 Å². The number of hydrogen-bond acceptors (Lipinski definition) is 3. The van der Waals surface area contributed by atoms with Crippen LogP contribution in [0.5, 0.6) is 0 Å². The van der Waals surface area contributed by atoms with Crippen LogP contribution in [0.25, 0.3) is 10.6 Å². The molecule has 1 heterocycles. The predicted octanol–water partition coefficient (Wildman–Crippen LogP) is 3.93. The van der Waals surface area contributed by atoms with E-state index in [1.807, 2.05) is 11.4 Å². The van der Waals surface area contributed by atoms with Crippen molar-refractivity contribution in [3.8, 4) is 10.6 Å². The zero-order valence-electron chi connectivity index (χ0n) is 10.8. The predicted molar refractivity (Wildman–Crippen MR) is 74.3 cm³/mol. The van der Waals surface area contributed by atoms with Crippen LogP contribution < -0.4 is 5.32 Å². The summed E-state index contributed by atoms with van der Waals surface area (Å²) in [6, 6.07) is 5.62. The van der Waals surface area contributed by atoms with Gasteiger partial charge in [0.15, 0.2) is 0 Å². The highest BCUT2D eigenvalue weighted by Gasteiger charge is 2.13. The van der Waals surface area contributed by atoms with Gasteiger partial charge in [0.1, 0.15) is 10.8 Å². The molecule has 0 amide bonds. The third kappa shape index (κ3) is 2.60. The van der Waals surface area contributed by atoms with Gasteiger partial charge in [0, 0.05) is 17.0 Å². The third-order valence-electron chi connectivity index (χ3n) is 2.90. The van der Waals surface area contributed by atoms with Crippen molar-refractivity contribution in [2.45, 2.75) is 26.8 Å². The van der Waals surface area contributed by atoms with E-state index in [0.717, 1.165) is 17.2 Å². The van der Waals surface area contributed by atoms with E-state index in [1.54, 1.807) is 19.1 Å². The lowest BCUT2D eigenvalue weighted by Gasteiger charge is -2.08. The quantitative estimate of drug-likeness (QED) is 0.905. The Kier molecular flexibility index (Phi) is 4.09. The largest absolute Gasteiger partial charge is 0.309 e. The molecule has 1 atom stereocenters. The first-order valence-electron chi connectivity index (χ1n) is 6.07. The summed E-state index contributed by atoms with van der Waals surface area (Å²) in [5.74, 6) is -0.172. The van der Waals surface area contributed by atoms with Crippen LogP contribution in [0.2, 0.25) is 0 Å². The molecule has 0 aliphatic heterocycles. The van der Waals surface area contributed by atoms with Crippen molar-refractivity contribution in [2.24, 2.45) is 0 Å². The molecule has 2 rings (SSSR count). The first-order valence-corrected chi connectivity index (χ1v) is 6.95. The monoisotopic (exact) mass is 264 g/mol. The van der Waals surface area contributed by atoms with E-state index in [4.69, 9.17) is 0 Å². The van der Waals surface area contributed by atoms with E-state index >= 15 is 0 Å². The molecule has 1 unspecified atom stereocenters. The Hall–Kier alpha value is -1.26. The Labute approximate surface area is 111 Å². The number of hydrogen-bond donors (Lipinski definition) is 1. The molecule has 0 bridgehead atoms. The molecule has 18 heavy (non-hydrogen) atoms. The summed E-state index contributed by atoms with van der Waals surface area (Å²) in [5.41, 5.74) is 2.22. The number of aromatic nitrogens is 1. The third-order valence-corrected chi connectivity index (χ3v) is 3.79. The second kappa shape index (κ2) is 5.59. The molecule has 0 saturated carbocycles. The van der Waals surface area contributed by atoms with Crippen molar-refractivity contribution in [3.05, 3.63) is 40.7 Å². The molecule has 1 aromatic carbocycles. The average Bonchev–Trinajstić information content (AvgIpc) is 2.82. The van der Waals surface area contributed by atoms with Crippen LogP contribution in [0, 0.1) is 12.7 Å². The summed E-state index contributed by atoms with van der Waals surface area (Å²) in [6.07, 6.45) is 0. The van der Waals surface area contributed by atoms with Crippen molar-refractivity contribution in [2.75, 3.05) is 6.54 Å². The first-order chi connectivity index (χ1) is 8.63. The number of benzene rings is 1. The van der Waals surface area contributed by atoms with Crippen molar-refractivity contribution in [1.82, 2.24) is 10.3 Å². The maximum atomic E-state index is 14.0. The minimum absolute atomic E-state index is 0.172. The molecule has 0 saturated heterocycles. The van der Waals surface area contributed by atoms with Crippen LogP contribution in [-0.4, -0.2) is 11.5 Å². The van der Waals surface area contributed by atoms with E-state index in [0.29, 0.717) is 11.1 Å². The van der Waals surface area contributed by atoms with Crippen molar-refractivity contribution in [1.29, 1.82) is 0 Å². The summed E-state index contributed by atoms with van der Waals surface area (Å²) in [4.78, 5) is 4.52. The van der Waals surface area contributed by atoms with Gasteiger partial charge < -0.3 is 5.32 Å². The van der Waals surface area contributed by atoms with Gasteiger partial charge in [-0.2, -0.15) is 0 Å². The van der Waals surface area contributed by atoms with Crippen LogP contribution in [0.1, 0.15) is 31.1 Å². The van der Waals surface area contributed by atoms with Crippen LogP contribution in [-0.2, 0) is 0 Å². The smallest absolute Gasteiger partial charge is 0.136 e. The zero-order valence-corrected chi connectivity index (χ0v) is 11.6.